The lowest BCUT2D eigenvalue weighted by Crippen LogP contribution is -2.18. The van der Waals surface area contributed by atoms with Gasteiger partial charge in [-0.25, -0.2) is 0 Å². The molecule has 0 radical (unpaired) electrons. The Kier molecular flexibility index (Phi) is 4.21. The molecular formula is C16H21N3O2. The first kappa shape index (κ1) is 15.0. The van der Waals surface area contributed by atoms with E-state index in [1.54, 1.807) is 19.4 Å². The second kappa shape index (κ2) is 5.91. The van der Waals surface area contributed by atoms with Crippen LogP contribution in [0.1, 0.15) is 35.9 Å². The Balaban J connectivity index is 2.30. The minimum atomic E-state index is -0.206. The number of nitrogens with zero attached hydrogens (tertiary/aromatic N) is 1. The zero-order valence-corrected chi connectivity index (χ0v) is 12.8. The second-order valence-electron chi connectivity index (χ2n) is 5.32. The Bertz CT molecular complexity index is 660. The molecule has 0 spiro atoms. The van der Waals surface area contributed by atoms with E-state index in [4.69, 9.17) is 10.5 Å². The van der Waals surface area contributed by atoms with Gasteiger partial charge in [0.1, 0.15) is 11.4 Å². The first-order chi connectivity index (χ1) is 9.92. The van der Waals surface area contributed by atoms with Gasteiger partial charge in [-0.15, -0.1) is 0 Å². The summed E-state index contributed by atoms with van der Waals surface area (Å²) < 4.78 is 7.15. The summed E-state index contributed by atoms with van der Waals surface area (Å²) >= 11 is 0. The quantitative estimate of drug-likeness (QED) is 0.907. The minimum Gasteiger partial charge on any atom is -0.495 e. The van der Waals surface area contributed by atoms with Crippen molar-refractivity contribution in [2.45, 2.75) is 26.8 Å². The predicted octanol–water partition coefficient (Wildman–Crippen LogP) is 3.22. The van der Waals surface area contributed by atoms with E-state index >= 15 is 0 Å². The summed E-state index contributed by atoms with van der Waals surface area (Å²) in [4.78, 5) is 12.5. The van der Waals surface area contributed by atoms with Gasteiger partial charge in [-0.2, -0.15) is 0 Å². The third kappa shape index (κ3) is 3.18. The fourth-order valence-electron chi connectivity index (χ4n) is 2.20. The highest BCUT2D eigenvalue weighted by atomic mass is 16.5. The van der Waals surface area contributed by atoms with Crippen LogP contribution in [0.2, 0.25) is 0 Å². The van der Waals surface area contributed by atoms with Gasteiger partial charge in [0.05, 0.1) is 18.5 Å². The van der Waals surface area contributed by atoms with E-state index < -0.39 is 0 Å². The largest absolute Gasteiger partial charge is 0.495 e. The van der Waals surface area contributed by atoms with Crippen molar-refractivity contribution in [1.82, 2.24) is 4.57 Å². The van der Waals surface area contributed by atoms with Crippen molar-refractivity contribution < 1.29 is 9.53 Å². The number of nitrogens with two attached hydrogens (primary N) is 1. The van der Waals surface area contributed by atoms with E-state index in [0.717, 1.165) is 5.56 Å². The van der Waals surface area contributed by atoms with Crippen molar-refractivity contribution in [2.75, 3.05) is 18.2 Å². The maximum Gasteiger partial charge on any atom is 0.272 e. The molecular weight excluding hydrogens is 266 g/mol. The monoisotopic (exact) mass is 287 g/mol. The standard InChI is InChI=1S/C16H21N3O2/c1-10(2)19-9-12(17)8-14(19)16(20)18-13-6-5-11(3)7-15(13)21-4/h5-10H,17H2,1-4H3,(H,18,20). The molecule has 2 aromatic rings. The molecule has 0 aliphatic heterocycles. The molecule has 5 heteroatoms. The first-order valence-electron chi connectivity index (χ1n) is 6.85. The molecule has 1 amide bonds. The number of aromatic nitrogens is 1. The number of nitrogen functional groups attached to an aromatic ring is 1. The summed E-state index contributed by atoms with van der Waals surface area (Å²) in [6.45, 7) is 5.98. The van der Waals surface area contributed by atoms with Crippen molar-refractivity contribution >= 4 is 17.3 Å². The minimum absolute atomic E-state index is 0.156. The zero-order valence-electron chi connectivity index (χ0n) is 12.8. The van der Waals surface area contributed by atoms with Crippen LogP contribution in [0.3, 0.4) is 0 Å². The Morgan fingerprint density at radius 1 is 1.33 bits per heavy atom. The topological polar surface area (TPSA) is 69.3 Å². The SMILES string of the molecule is COc1cc(C)ccc1NC(=O)c1cc(N)cn1C(C)C. The van der Waals surface area contributed by atoms with Gasteiger partial charge >= 0.3 is 0 Å². The van der Waals surface area contributed by atoms with Gasteiger partial charge in [-0.1, -0.05) is 6.07 Å². The molecule has 0 aliphatic carbocycles. The molecule has 0 saturated carbocycles. The molecule has 1 aromatic carbocycles. The number of anilines is 2. The zero-order chi connectivity index (χ0) is 15.6. The Morgan fingerprint density at radius 2 is 2.05 bits per heavy atom. The summed E-state index contributed by atoms with van der Waals surface area (Å²) in [5, 5.41) is 2.87. The van der Waals surface area contributed by atoms with Crippen molar-refractivity contribution in [2.24, 2.45) is 0 Å². The average molecular weight is 287 g/mol. The molecule has 2 rings (SSSR count). The van der Waals surface area contributed by atoms with Crippen LogP contribution in [0.15, 0.2) is 30.5 Å². The van der Waals surface area contributed by atoms with Crippen molar-refractivity contribution in [3.8, 4) is 5.75 Å². The molecule has 0 fully saturated rings. The second-order valence-corrected chi connectivity index (χ2v) is 5.32. The lowest BCUT2D eigenvalue weighted by Gasteiger charge is -2.14. The highest BCUT2D eigenvalue weighted by Gasteiger charge is 2.16. The van der Waals surface area contributed by atoms with Gasteiger partial charge in [0, 0.05) is 12.2 Å². The third-order valence-electron chi connectivity index (χ3n) is 3.26. The molecule has 1 heterocycles. The van der Waals surface area contributed by atoms with Crippen molar-refractivity contribution in [3.63, 3.8) is 0 Å². The van der Waals surface area contributed by atoms with Gasteiger partial charge in [0.15, 0.2) is 0 Å². The van der Waals surface area contributed by atoms with Crippen LogP contribution < -0.4 is 15.8 Å². The van der Waals surface area contributed by atoms with Crippen LogP contribution >= 0.6 is 0 Å². The van der Waals surface area contributed by atoms with E-state index in [-0.39, 0.29) is 11.9 Å². The number of amides is 1. The fourth-order valence-corrected chi connectivity index (χ4v) is 2.20. The number of aryl methyl sites for hydroxylation is 1. The number of carbonyl (C=O) groups excluding carboxylic acids is 1. The summed E-state index contributed by atoms with van der Waals surface area (Å²) in [6.07, 6.45) is 1.77. The number of ether oxygens (including phenoxy) is 1. The lowest BCUT2D eigenvalue weighted by molar-refractivity contribution is 0.101. The summed E-state index contributed by atoms with van der Waals surface area (Å²) in [5.74, 6) is 0.432. The molecule has 21 heavy (non-hydrogen) atoms. The number of hydrogen-bond acceptors (Lipinski definition) is 3. The van der Waals surface area contributed by atoms with Gasteiger partial charge in [-0.05, 0) is 44.5 Å². The van der Waals surface area contributed by atoms with Crippen LogP contribution in [0.5, 0.6) is 5.75 Å². The number of methoxy groups -OCH3 is 1. The average Bonchev–Trinajstić information content (AvgIpc) is 2.83. The van der Waals surface area contributed by atoms with Crippen LogP contribution in [-0.2, 0) is 0 Å². The maximum absolute atomic E-state index is 12.5. The van der Waals surface area contributed by atoms with E-state index in [2.05, 4.69) is 5.32 Å². The molecule has 3 N–H and O–H groups in total. The van der Waals surface area contributed by atoms with Crippen LogP contribution in [-0.4, -0.2) is 17.6 Å². The van der Waals surface area contributed by atoms with Crippen molar-refractivity contribution in [3.05, 3.63) is 41.7 Å². The summed E-state index contributed by atoms with van der Waals surface area (Å²) in [5.41, 5.74) is 8.62. The number of carbonyl (C=O) groups is 1. The number of hydrogen-bond donors (Lipinski definition) is 2. The molecule has 0 unspecified atom stereocenters. The van der Waals surface area contributed by atoms with Crippen LogP contribution in [0, 0.1) is 6.92 Å². The van der Waals surface area contributed by atoms with E-state index in [9.17, 15) is 4.79 Å². The van der Waals surface area contributed by atoms with E-state index in [0.29, 0.717) is 22.8 Å². The van der Waals surface area contributed by atoms with Crippen molar-refractivity contribution in [1.29, 1.82) is 0 Å². The highest BCUT2D eigenvalue weighted by molar-refractivity contribution is 6.04. The summed E-state index contributed by atoms with van der Waals surface area (Å²) in [6, 6.07) is 7.47. The molecule has 112 valence electrons. The van der Waals surface area contributed by atoms with E-state index in [1.165, 1.54) is 0 Å². The fraction of sp³-hybridized carbons (Fsp3) is 0.312. The lowest BCUT2D eigenvalue weighted by atomic mass is 10.2. The number of rotatable bonds is 4. The highest BCUT2D eigenvalue weighted by Crippen LogP contribution is 2.26. The Hall–Kier alpha value is -2.43. The van der Waals surface area contributed by atoms with Gasteiger partial charge in [0.25, 0.3) is 5.91 Å². The number of benzene rings is 1. The van der Waals surface area contributed by atoms with Crippen LogP contribution in [0.4, 0.5) is 11.4 Å². The Labute approximate surface area is 124 Å². The first-order valence-corrected chi connectivity index (χ1v) is 6.85. The smallest absolute Gasteiger partial charge is 0.272 e. The molecule has 5 nitrogen and oxygen atoms in total. The molecule has 0 saturated heterocycles. The maximum atomic E-state index is 12.5. The Morgan fingerprint density at radius 3 is 2.67 bits per heavy atom. The van der Waals surface area contributed by atoms with Crippen LogP contribution in [0.25, 0.3) is 0 Å². The van der Waals surface area contributed by atoms with Gasteiger partial charge < -0.3 is 20.4 Å². The molecule has 0 bridgehead atoms. The molecule has 1 aromatic heterocycles. The van der Waals surface area contributed by atoms with Gasteiger partial charge in [0.2, 0.25) is 0 Å². The van der Waals surface area contributed by atoms with E-state index in [1.807, 2.05) is 43.5 Å². The molecule has 0 atom stereocenters. The normalized spacial score (nSPS) is 10.7. The predicted molar refractivity (Wildman–Crippen MR) is 84.9 cm³/mol. The molecule has 0 aliphatic rings. The number of nitrogens with one attached hydrogen (secondary N) is 1. The van der Waals surface area contributed by atoms with Gasteiger partial charge in [-0.3, -0.25) is 4.79 Å². The summed E-state index contributed by atoms with van der Waals surface area (Å²) in [7, 11) is 1.58. The third-order valence-corrected chi connectivity index (χ3v) is 3.26.